The molecule has 4 heteroatoms. The molecule has 0 fully saturated rings. The summed E-state index contributed by atoms with van der Waals surface area (Å²) in [5.74, 6) is 0. The highest BCUT2D eigenvalue weighted by molar-refractivity contribution is 6.29. The number of hydrogen-bond donors (Lipinski definition) is 1. The highest BCUT2D eigenvalue weighted by atomic mass is 35.5. The first-order valence-corrected chi connectivity index (χ1v) is 5.50. The van der Waals surface area contributed by atoms with Gasteiger partial charge in [-0.05, 0) is 30.2 Å². The first-order valence-electron chi connectivity index (χ1n) is 5.13. The minimum atomic E-state index is 0.423. The van der Waals surface area contributed by atoms with Crippen LogP contribution < -0.4 is 5.32 Å². The summed E-state index contributed by atoms with van der Waals surface area (Å²) >= 11 is 6.14. The van der Waals surface area contributed by atoms with E-state index in [9.17, 15) is 0 Å². The van der Waals surface area contributed by atoms with Gasteiger partial charge in [0.25, 0.3) is 0 Å². The third-order valence-electron chi connectivity index (χ3n) is 2.90. The van der Waals surface area contributed by atoms with Crippen LogP contribution in [0, 0.1) is 0 Å². The smallest absolute Gasteiger partial charge is 0.203 e. The number of nitrogens with zero attached hydrogens (tertiary/aromatic N) is 2. The van der Waals surface area contributed by atoms with Gasteiger partial charge in [0.1, 0.15) is 0 Å². The van der Waals surface area contributed by atoms with Crippen molar-refractivity contribution in [3.05, 3.63) is 29.0 Å². The van der Waals surface area contributed by atoms with Gasteiger partial charge in [-0.2, -0.15) is 0 Å². The van der Waals surface area contributed by atoms with E-state index in [1.165, 1.54) is 11.1 Å². The lowest BCUT2D eigenvalue weighted by Gasteiger charge is -2.10. The Hall–Kier alpha value is -1.06. The normalized spacial score (nSPS) is 20.5. The molecule has 1 aromatic carbocycles. The van der Waals surface area contributed by atoms with Crippen LogP contribution in [0.4, 0.5) is 0 Å². The second-order valence-corrected chi connectivity index (χ2v) is 4.40. The fraction of sp³-hybridized carbons (Fsp3) is 0.364. The van der Waals surface area contributed by atoms with Crippen molar-refractivity contribution in [1.82, 2.24) is 14.9 Å². The molecule has 1 N–H and O–H groups in total. The molecular formula is C11H12ClN3. The predicted molar refractivity (Wildman–Crippen MR) is 61.0 cm³/mol. The Morgan fingerprint density at radius 3 is 3.27 bits per heavy atom. The zero-order valence-electron chi connectivity index (χ0n) is 8.50. The number of hydrogen-bond acceptors (Lipinski definition) is 2. The van der Waals surface area contributed by atoms with Gasteiger partial charge in [-0.15, -0.1) is 0 Å². The molecule has 3 nitrogen and oxygen atoms in total. The maximum absolute atomic E-state index is 6.14. The van der Waals surface area contributed by atoms with E-state index in [2.05, 4.69) is 27.9 Å². The van der Waals surface area contributed by atoms with E-state index in [0.29, 0.717) is 11.3 Å². The van der Waals surface area contributed by atoms with Gasteiger partial charge in [-0.25, -0.2) is 4.98 Å². The van der Waals surface area contributed by atoms with Gasteiger partial charge < -0.3 is 9.88 Å². The van der Waals surface area contributed by atoms with Crippen molar-refractivity contribution in [2.75, 3.05) is 0 Å². The molecule has 0 spiro atoms. The fourth-order valence-corrected chi connectivity index (χ4v) is 2.41. The predicted octanol–water partition coefficient (Wildman–Crippen LogP) is 2.18. The van der Waals surface area contributed by atoms with Crippen molar-refractivity contribution >= 4 is 22.6 Å². The Kier molecular flexibility index (Phi) is 1.97. The topological polar surface area (TPSA) is 29.9 Å². The maximum atomic E-state index is 6.14. The van der Waals surface area contributed by atoms with Crippen LogP contribution in [-0.2, 0) is 13.1 Å². The highest BCUT2D eigenvalue weighted by Crippen LogP contribution is 2.25. The quantitative estimate of drug-likeness (QED) is 0.739. The van der Waals surface area contributed by atoms with Gasteiger partial charge >= 0.3 is 0 Å². The van der Waals surface area contributed by atoms with Gasteiger partial charge in [-0.3, -0.25) is 0 Å². The van der Waals surface area contributed by atoms with Crippen LogP contribution >= 0.6 is 11.6 Å². The molecule has 0 aliphatic carbocycles. The lowest BCUT2D eigenvalue weighted by atomic mass is 10.2. The van der Waals surface area contributed by atoms with E-state index in [0.717, 1.165) is 18.6 Å². The molecule has 0 bridgehead atoms. The van der Waals surface area contributed by atoms with Crippen LogP contribution in [0.2, 0.25) is 5.28 Å². The zero-order chi connectivity index (χ0) is 10.4. The lowest BCUT2D eigenvalue weighted by molar-refractivity contribution is 0.497. The molecule has 2 aromatic rings. The molecule has 0 saturated heterocycles. The van der Waals surface area contributed by atoms with E-state index >= 15 is 0 Å². The molecule has 0 saturated carbocycles. The van der Waals surface area contributed by atoms with E-state index < -0.39 is 0 Å². The standard InChI is InChI=1S/C11H12ClN3/c1-7-6-15-10-8(5-13-7)3-2-4-9(10)14-11(15)12/h2-4,7,13H,5-6H2,1H3/t7-/m0/s1. The summed E-state index contributed by atoms with van der Waals surface area (Å²) < 4.78 is 2.09. The number of aromatic nitrogens is 2. The second kappa shape index (κ2) is 3.22. The summed E-state index contributed by atoms with van der Waals surface area (Å²) in [6.07, 6.45) is 0. The fourth-order valence-electron chi connectivity index (χ4n) is 2.16. The molecule has 15 heavy (non-hydrogen) atoms. The third-order valence-corrected chi connectivity index (χ3v) is 3.19. The number of halogens is 1. The third kappa shape index (κ3) is 1.34. The second-order valence-electron chi connectivity index (χ2n) is 4.06. The Balaban J connectivity index is 2.35. The molecule has 1 atom stereocenters. The molecule has 1 aromatic heterocycles. The number of benzene rings is 1. The number of rotatable bonds is 0. The number of para-hydroxylation sites is 1. The van der Waals surface area contributed by atoms with E-state index in [1.807, 2.05) is 12.1 Å². The summed E-state index contributed by atoms with van der Waals surface area (Å²) in [5.41, 5.74) is 3.45. The van der Waals surface area contributed by atoms with Crippen molar-refractivity contribution in [2.24, 2.45) is 0 Å². The molecule has 2 heterocycles. The summed E-state index contributed by atoms with van der Waals surface area (Å²) in [5, 5.41) is 4.05. The largest absolute Gasteiger partial charge is 0.313 e. The molecule has 1 aliphatic rings. The minimum absolute atomic E-state index is 0.423. The molecule has 0 radical (unpaired) electrons. The van der Waals surface area contributed by atoms with E-state index in [-0.39, 0.29) is 0 Å². The molecular weight excluding hydrogens is 210 g/mol. The van der Waals surface area contributed by atoms with Crippen LogP contribution in [0.3, 0.4) is 0 Å². The first kappa shape index (κ1) is 9.19. The Morgan fingerprint density at radius 2 is 2.40 bits per heavy atom. The first-order chi connectivity index (χ1) is 7.25. The summed E-state index contributed by atoms with van der Waals surface area (Å²) in [7, 11) is 0. The summed E-state index contributed by atoms with van der Waals surface area (Å²) in [6.45, 7) is 3.93. The van der Waals surface area contributed by atoms with Crippen molar-refractivity contribution in [3.63, 3.8) is 0 Å². The minimum Gasteiger partial charge on any atom is -0.313 e. The monoisotopic (exact) mass is 221 g/mol. The Labute approximate surface area is 93.1 Å². The zero-order valence-corrected chi connectivity index (χ0v) is 9.25. The summed E-state index contributed by atoms with van der Waals surface area (Å²) in [6, 6.07) is 6.59. The Morgan fingerprint density at radius 1 is 1.53 bits per heavy atom. The average Bonchev–Trinajstić information content (AvgIpc) is 2.44. The van der Waals surface area contributed by atoms with Gasteiger partial charge in [0, 0.05) is 19.1 Å². The van der Waals surface area contributed by atoms with E-state index in [4.69, 9.17) is 11.6 Å². The van der Waals surface area contributed by atoms with E-state index in [1.54, 1.807) is 0 Å². The van der Waals surface area contributed by atoms with Gasteiger partial charge in [0.2, 0.25) is 5.28 Å². The molecule has 1 aliphatic heterocycles. The lowest BCUT2D eigenvalue weighted by Crippen LogP contribution is -2.27. The number of imidazole rings is 1. The van der Waals surface area contributed by atoms with Crippen LogP contribution in [0.25, 0.3) is 11.0 Å². The Bertz CT molecular complexity index is 518. The van der Waals surface area contributed by atoms with Gasteiger partial charge in [-0.1, -0.05) is 12.1 Å². The van der Waals surface area contributed by atoms with Gasteiger partial charge in [0.15, 0.2) is 0 Å². The van der Waals surface area contributed by atoms with Crippen molar-refractivity contribution in [1.29, 1.82) is 0 Å². The highest BCUT2D eigenvalue weighted by Gasteiger charge is 2.17. The molecule has 78 valence electrons. The average molecular weight is 222 g/mol. The van der Waals surface area contributed by atoms with Crippen molar-refractivity contribution in [2.45, 2.75) is 26.1 Å². The van der Waals surface area contributed by atoms with Crippen LogP contribution in [-0.4, -0.2) is 15.6 Å². The molecule has 0 amide bonds. The SMILES string of the molecule is C[C@H]1Cn2c(Cl)nc3cccc(c32)CN1. The number of nitrogens with one attached hydrogen (secondary N) is 1. The van der Waals surface area contributed by atoms with Crippen LogP contribution in [0.15, 0.2) is 18.2 Å². The van der Waals surface area contributed by atoms with Crippen molar-refractivity contribution in [3.8, 4) is 0 Å². The van der Waals surface area contributed by atoms with Crippen LogP contribution in [0.5, 0.6) is 0 Å². The molecule has 0 unspecified atom stereocenters. The van der Waals surface area contributed by atoms with Crippen molar-refractivity contribution < 1.29 is 0 Å². The van der Waals surface area contributed by atoms with Crippen LogP contribution in [0.1, 0.15) is 12.5 Å². The van der Waals surface area contributed by atoms with Gasteiger partial charge in [0.05, 0.1) is 11.0 Å². The maximum Gasteiger partial charge on any atom is 0.203 e. The molecule has 3 rings (SSSR count). The summed E-state index contributed by atoms with van der Waals surface area (Å²) in [4.78, 5) is 4.36.